The zero-order valence-corrected chi connectivity index (χ0v) is 31.4. The zero-order valence-electron chi connectivity index (χ0n) is 31.4. The smallest absolute Gasteiger partial charge is 0.132 e. The topological polar surface area (TPSA) is 12.5 Å². The van der Waals surface area contributed by atoms with Gasteiger partial charge in [0.1, 0.15) is 11.5 Å². The molecule has 0 radical (unpaired) electrons. The van der Waals surface area contributed by atoms with E-state index in [-0.39, 0.29) is 5.41 Å². The second kappa shape index (κ2) is 12.5. The van der Waals surface area contributed by atoms with Gasteiger partial charge in [-0.2, -0.15) is 0 Å². The average Bonchev–Trinajstić information content (AvgIpc) is 3.61. The fourth-order valence-corrected chi connectivity index (χ4v) is 9.67. The molecular weight excluding hydrogens is 667 g/mol. The van der Waals surface area contributed by atoms with Crippen molar-refractivity contribution < 1.29 is 4.74 Å². The second-order valence-corrected chi connectivity index (χ2v) is 15.3. The van der Waals surface area contributed by atoms with Gasteiger partial charge < -0.3 is 9.64 Å². The number of nitrogens with zero attached hydrogens (tertiary/aromatic N) is 1. The summed E-state index contributed by atoms with van der Waals surface area (Å²) in [6.45, 7) is 11.1. The van der Waals surface area contributed by atoms with E-state index in [9.17, 15) is 0 Å². The molecule has 0 bridgehead atoms. The summed E-state index contributed by atoms with van der Waals surface area (Å²) in [5.74, 6) is 1.78. The highest BCUT2D eigenvalue weighted by molar-refractivity contribution is 5.99. The Labute approximate surface area is 324 Å². The van der Waals surface area contributed by atoms with Crippen molar-refractivity contribution in [1.82, 2.24) is 0 Å². The Hall–Kier alpha value is -6.64. The van der Waals surface area contributed by atoms with Crippen molar-refractivity contribution in [3.05, 3.63) is 228 Å². The lowest BCUT2D eigenvalue weighted by Crippen LogP contribution is -2.32. The van der Waals surface area contributed by atoms with Crippen LogP contribution in [0.3, 0.4) is 0 Å². The van der Waals surface area contributed by atoms with E-state index in [4.69, 9.17) is 4.74 Å². The fourth-order valence-electron chi connectivity index (χ4n) is 9.67. The second-order valence-electron chi connectivity index (χ2n) is 15.3. The Morgan fingerprint density at radius 1 is 0.545 bits per heavy atom. The minimum Gasteiger partial charge on any atom is -0.457 e. The lowest BCUT2D eigenvalue weighted by atomic mass is 9.65. The number of benzene rings is 7. The van der Waals surface area contributed by atoms with Gasteiger partial charge >= 0.3 is 0 Å². The van der Waals surface area contributed by atoms with Crippen molar-refractivity contribution in [3.63, 3.8) is 0 Å². The molecule has 2 aliphatic carbocycles. The van der Waals surface area contributed by atoms with Gasteiger partial charge in [-0.1, -0.05) is 160 Å². The Balaban J connectivity index is 1.26. The van der Waals surface area contributed by atoms with E-state index in [1.54, 1.807) is 0 Å². The van der Waals surface area contributed by atoms with Crippen LogP contribution < -0.4 is 9.64 Å². The molecule has 0 saturated heterocycles. The number of allylic oxidation sites excluding steroid dienone is 5. The minimum atomic E-state index is -0.554. The molecule has 10 rings (SSSR count). The Morgan fingerprint density at radius 3 is 1.84 bits per heavy atom. The summed E-state index contributed by atoms with van der Waals surface area (Å²) in [7, 11) is 0. The first-order valence-corrected chi connectivity index (χ1v) is 19.1. The third-order valence-corrected chi connectivity index (χ3v) is 12.2. The molecule has 0 N–H and O–H groups in total. The van der Waals surface area contributed by atoms with Crippen LogP contribution in [0.25, 0.3) is 27.8 Å². The quantitative estimate of drug-likeness (QED) is 0.160. The van der Waals surface area contributed by atoms with Gasteiger partial charge in [-0.3, -0.25) is 0 Å². The van der Waals surface area contributed by atoms with E-state index < -0.39 is 5.41 Å². The highest BCUT2D eigenvalue weighted by atomic mass is 16.5. The monoisotopic (exact) mass is 707 g/mol. The number of para-hydroxylation sites is 2. The molecular formula is C53H41NO. The molecule has 0 aromatic heterocycles. The maximum absolute atomic E-state index is 6.63. The number of fused-ring (bicyclic) bond motifs is 9. The van der Waals surface area contributed by atoms with Crippen molar-refractivity contribution in [2.75, 3.05) is 4.90 Å². The minimum absolute atomic E-state index is 0.142. The van der Waals surface area contributed by atoms with Crippen molar-refractivity contribution in [1.29, 1.82) is 0 Å². The molecule has 2 heteroatoms. The van der Waals surface area contributed by atoms with E-state index in [2.05, 4.69) is 208 Å². The molecule has 1 spiro atoms. The molecule has 264 valence electrons. The van der Waals surface area contributed by atoms with Crippen LogP contribution in [0.5, 0.6) is 11.5 Å². The molecule has 3 aliphatic rings. The van der Waals surface area contributed by atoms with Crippen LogP contribution in [0.15, 0.2) is 194 Å². The summed E-state index contributed by atoms with van der Waals surface area (Å²) in [5.41, 5.74) is 17.6. The number of hydrogen-bond acceptors (Lipinski definition) is 2. The third kappa shape index (κ3) is 4.74. The van der Waals surface area contributed by atoms with E-state index in [1.807, 2.05) is 6.08 Å². The first-order valence-electron chi connectivity index (χ1n) is 19.1. The number of ether oxygens (including phenoxy) is 1. The SMILES string of the molecule is C=C/C=C\C1=C(C)C2(c3ccccc3Oc3ccccc32)c2cccc(N(c3ccc(-c4ccccc4)cc3)c3ccc4c(c3)C(C)(C)c3ccccc3-4)c21. The van der Waals surface area contributed by atoms with Gasteiger partial charge in [0, 0.05) is 33.5 Å². The Kier molecular flexibility index (Phi) is 7.47. The van der Waals surface area contributed by atoms with Gasteiger partial charge in [0.25, 0.3) is 0 Å². The average molecular weight is 708 g/mol. The molecule has 2 nitrogen and oxygen atoms in total. The van der Waals surface area contributed by atoms with Crippen LogP contribution in [-0.2, 0) is 10.8 Å². The summed E-state index contributed by atoms with van der Waals surface area (Å²) < 4.78 is 6.63. The summed E-state index contributed by atoms with van der Waals surface area (Å²) >= 11 is 0. The molecule has 1 heterocycles. The van der Waals surface area contributed by atoms with Gasteiger partial charge in [-0.15, -0.1) is 0 Å². The van der Waals surface area contributed by atoms with Gasteiger partial charge in [0.05, 0.1) is 11.1 Å². The molecule has 0 saturated carbocycles. The van der Waals surface area contributed by atoms with E-state index >= 15 is 0 Å². The van der Waals surface area contributed by atoms with Crippen LogP contribution in [0.2, 0.25) is 0 Å². The van der Waals surface area contributed by atoms with Crippen LogP contribution in [0.4, 0.5) is 17.1 Å². The summed E-state index contributed by atoms with van der Waals surface area (Å²) in [6, 6.07) is 59.6. The third-order valence-electron chi connectivity index (χ3n) is 12.2. The van der Waals surface area contributed by atoms with E-state index in [0.29, 0.717) is 0 Å². The maximum Gasteiger partial charge on any atom is 0.132 e. The maximum atomic E-state index is 6.63. The molecule has 55 heavy (non-hydrogen) atoms. The van der Waals surface area contributed by atoms with E-state index in [1.165, 1.54) is 55.7 Å². The largest absolute Gasteiger partial charge is 0.457 e. The molecule has 0 atom stereocenters. The van der Waals surface area contributed by atoms with Crippen LogP contribution >= 0.6 is 0 Å². The zero-order chi connectivity index (χ0) is 37.3. The van der Waals surface area contributed by atoms with Gasteiger partial charge in [-0.05, 0) is 99.5 Å². The molecule has 0 unspecified atom stereocenters. The summed E-state index contributed by atoms with van der Waals surface area (Å²) in [6.07, 6.45) is 6.20. The Bertz CT molecular complexity index is 2680. The lowest BCUT2D eigenvalue weighted by Gasteiger charge is -2.40. The molecule has 7 aromatic carbocycles. The number of hydrogen-bond donors (Lipinski definition) is 0. The van der Waals surface area contributed by atoms with Crippen LogP contribution in [0.1, 0.15) is 54.2 Å². The normalized spacial score (nSPS) is 15.2. The van der Waals surface area contributed by atoms with Gasteiger partial charge in [0.2, 0.25) is 0 Å². The summed E-state index contributed by atoms with van der Waals surface area (Å²) in [4.78, 5) is 2.47. The lowest BCUT2D eigenvalue weighted by molar-refractivity contribution is 0.434. The van der Waals surface area contributed by atoms with Crippen molar-refractivity contribution >= 4 is 22.6 Å². The standard InChI is InChI=1S/C53H41NO/c1-5-6-19-40-35(2)53(44-22-12-14-26-49(44)55-50-27-15-13-23-45(50)53)46-24-16-25-48(51(40)46)54(38-30-28-37(29-31-38)36-17-8-7-9-18-36)39-32-33-42-41-20-10-11-21-43(41)52(3,4)47(42)34-39/h5-34H,1H2,2-4H3/b19-6-. The Morgan fingerprint density at radius 2 is 1.13 bits per heavy atom. The van der Waals surface area contributed by atoms with Gasteiger partial charge in [-0.25, -0.2) is 0 Å². The number of anilines is 3. The van der Waals surface area contributed by atoms with E-state index in [0.717, 1.165) is 39.7 Å². The predicted octanol–water partition coefficient (Wildman–Crippen LogP) is 14.1. The molecule has 1 aliphatic heterocycles. The molecule has 0 fully saturated rings. The molecule has 0 amide bonds. The van der Waals surface area contributed by atoms with Gasteiger partial charge in [0.15, 0.2) is 0 Å². The fraction of sp³-hybridized carbons (Fsp3) is 0.0943. The van der Waals surface area contributed by atoms with Crippen molar-refractivity contribution in [2.45, 2.75) is 31.6 Å². The molecule has 7 aromatic rings. The van der Waals surface area contributed by atoms with Crippen molar-refractivity contribution in [2.24, 2.45) is 0 Å². The highest BCUT2D eigenvalue weighted by Crippen LogP contribution is 2.63. The van der Waals surface area contributed by atoms with Crippen LogP contribution in [-0.4, -0.2) is 0 Å². The summed E-state index contributed by atoms with van der Waals surface area (Å²) in [5, 5.41) is 0. The first-order chi connectivity index (χ1) is 26.9. The van der Waals surface area contributed by atoms with Crippen molar-refractivity contribution in [3.8, 4) is 33.8 Å². The first kappa shape index (κ1) is 33.0. The predicted molar refractivity (Wildman–Crippen MR) is 229 cm³/mol. The van der Waals surface area contributed by atoms with Crippen LogP contribution in [0, 0.1) is 0 Å². The highest BCUT2D eigenvalue weighted by Gasteiger charge is 2.51. The number of rotatable bonds is 6.